The van der Waals surface area contributed by atoms with Gasteiger partial charge >= 0.3 is 0 Å². The SMILES string of the molecule is C=CCN(Cc1csc(CNC)n1)C(C)C. The molecule has 0 aliphatic heterocycles. The van der Waals surface area contributed by atoms with Gasteiger partial charge in [-0.25, -0.2) is 4.98 Å². The lowest BCUT2D eigenvalue weighted by molar-refractivity contribution is 0.235. The molecule has 0 radical (unpaired) electrons. The van der Waals surface area contributed by atoms with Crippen LogP contribution in [-0.4, -0.2) is 29.5 Å². The topological polar surface area (TPSA) is 28.2 Å². The molecule has 0 atom stereocenters. The quantitative estimate of drug-likeness (QED) is 0.740. The second-order valence-electron chi connectivity index (χ2n) is 4.07. The van der Waals surface area contributed by atoms with Gasteiger partial charge in [-0.3, -0.25) is 4.90 Å². The van der Waals surface area contributed by atoms with Gasteiger partial charge in [0.05, 0.1) is 5.69 Å². The minimum atomic E-state index is 0.521. The third-order valence-electron chi connectivity index (χ3n) is 2.39. The van der Waals surface area contributed by atoms with E-state index in [1.165, 1.54) is 0 Å². The Bertz CT molecular complexity index is 320. The molecule has 90 valence electrons. The first-order valence-electron chi connectivity index (χ1n) is 5.60. The van der Waals surface area contributed by atoms with E-state index in [-0.39, 0.29) is 0 Å². The molecule has 0 saturated heterocycles. The van der Waals surface area contributed by atoms with Crippen molar-refractivity contribution in [3.8, 4) is 0 Å². The third-order valence-corrected chi connectivity index (χ3v) is 3.28. The van der Waals surface area contributed by atoms with Gasteiger partial charge in [-0.05, 0) is 20.9 Å². The first-order valence-corrected chi connectivity index (χ1v) is 6.48. The fourth-order valence-corrected chi connectivity index (χ4v) is 2.28. The molecule has 0 spiro atoms. The molecular formula is C12H21N3S. The van der Waals surface area contributed by atoms with E-state index in [9.17, 15) is 0 Å². The maximum atomic E-state index is 4.58. The van der Waals surface area contributed by atoms with Gasteiger partial charge in [0.1, 0.15) is 5.01 Å². The van der Waals surface area contributed by atoms with Gasteiger partial charge in [0, 0.05) is 31.1 Å². The van der Waals surface area contributed by atoms with Gasteiger partial charge in [-0.2, -0.15) is 0 Å². The van der Waals surface area contributed by atoms with E-state index in [0.717, 1.165) is 30.3 Å². The summed E-state index contributed by atoms with van der Waals surface area (Å²) in [5.41, 5.74) is 1.16. The summed E-state index contributed by atoms with van der Waals surface area (Å²) in [5.74, 6) is 0. The van der Waals surface area contributed by atoms with Crippen LogP contribution in [-0.2, 0) is 13.1 Å². The molecule has 4 heteroatoms. The Morgan fingerprint density at radius 1 is 1.62 bits per heavy atom. The molecule has 0 bridgehead atoms. The van der Waals surface area contributed by atoms with Crippen molar-refractivity contribution in [2.24, 2.45) is 0 Å². The zero-order valence-corrected chi connectivity index (χ0v) is 11.2. The van der Waals surface area contributed by atoms with E-state index < -0.39 is 0 Å². The van der Waals surface area contributed by atoms with Gasteiger partial charge in [0.2, 0.25) is 0 Å². The Balaban J connectivity index is 2.58. The van der Waals surface area contributed by atoms with Crippen molar-refractivity contribution < 1.29 is 0 Å². The molecular weight excluding hydrogens is 218 g/mol. The van der Waals surface area contributed by atoms with Gasteiger partial charge in [0.15, 0.2) is 0 Å². The smallest absolute Gasteiger partial charge is 0.107 e. The van der Waals surface area contributed by atoms with Crippen LogP contribution >= 0.6 is 11.3 Å². The fourth-order valence-electron chi connectivity index (χ4n) is 1.49. The summed E-state index contributed by atoms with van der Waals surface area (Å²) in [5, 5.41) is 6.41. The molecule has 1 aromatic heterocycles. The molecule has 1 heterocycles. The van der Waals surface area contributed by atoms with E-state index in [2.05, 4.69) is 41.0 Å². The molecule has 0 aromatic carbocycles. The molecule has 0 unspecified atom stereocenters. The van der Waals surface area contributed by atoms with Crippen molar-refractivity contribution in [1.82, 2.24) is 15.2 Å². The van der Waals surface area contributed by atoms with E-state index in [0.29, 0.717) is 6.04 Å². The molecule has 16 heavy (non-hydrogen) atoms. The van der Waals surface area contributed by atoms with Crippen LogP contribution in [0.15, 0.2) is 18.0 Å². The predicted octanol–water partition coefficient (Wildman–Crippen LogP) is 2.26. The molecule has 0 fully saturated rings. The Morgan fingerprint density at radius 2 is 2.38 bits per heavy atom. The lowest BCUT2D eigenvalue weighted by Gasteiger charge is -2.23. The summed E-state index contributed by atoms with van der Waals surface area (Å²) >= 11 is 1.72. The highest BCUT2D eigenvalue weighted by Gasteiger charge is 2.10. The maximum Gasteiger partial charge on any atom is 0.107 e. The monoisotopic (exact) mass is 239 g/mol. The van der Waals surface area contributed by atoms with Crippen molar-refractivity contribution in [2.75, 3.05) is 13.6 Å². The first-order chi connectivity index (χ1) is 7.67. The van der Waals surface area contributed by atoms with Crippen molar-refractivity contribution in [2.45, 2.75) is 33.0 Å². The second kappa shape index (κ2) is 6.78. The van der Waals surface area contributed by atoms with Gasteiger partial charge < -0.3 is 5.32 Å². The van der Waals surface area contributed by atoms with Crippen LogP contribution in [0.4, 0.5) is 0 Å². The Morgan fingerprint density at radius 3 is 2.94 bits per heavy atom. The summed E-state index contributed by atoms with van der Waals surface area (Å²) < 4.78 is 0. The number of aromatic nitrogens is 1. The highest BCUT2D eigenvalue weighted by Crippen LogP contribution is 2.13. The van der Waals surface area contributed by atoms with E-state index >= 15 is 0 Å². The molecule has 0 saturated carbocycles. The number of hydrogen-bond acceptors (Lipinski definition) is 4. The molecule has 0 amide bonds. The number of nitrogens with one attached hydrogen (secondary N) is 1. The third kappa shape index (κ3) is 4.04. The van der Waals surface area contributed by atoms with Crippen molar-refractivity contribution in [3.05, 3.63) is 28.7 Å². The molecule has 3 nitrogen and oxygen atoms in total. The zero-order valence-electron chi connectivity index (χ0n) is 10.4. The summed E-state index contributed by atoms with van der Waals surface area (Å²) in [6.07, 6.45) is 1.95. The summed E-state index contributed by atoms with van der Waals surface area (Å²) in [6.45, 7) is 10.9. The fraction of sp³-hybridized carbons (Fsp3) is 0.583. The van der Waals surface area contributed by atoms with Crippen LogP contribution in [0.1, 0.15) is 24.5 Å². The molecule has 1 N–H and O–H groups in total. The normalized spacial score (nSPS) is 11.3. The van der Waals surface area contributed by atoms with Crippen LogP contribution in [0.2, 0.25) is 0 Å². The van der Waals surface area contributed by atoms with Crippen LogP contribution in [0.3, 0.4) is 0 Å². The number of rotatable bonds is 7. The Kier molecular flexibility index (Phi) is 5.66. The summed E-state index contributed by atoms with van der Waals surface area (Å²) in [7, 11) is 1.94. The van der Waals surface area contributed by atoms with Crippen molar-refractivity contribution >= 4 is 11.3 Å². The molecule has 0 aliphatic carbocycles. The maximum absolute atomic E-state index is 4.58. The highest BCUT2D eigenvalue weighted by atomic mass is 32.1. The van der Waals surface area contributed by atoms with E-state index in [1.54, 1.807) is 11.3 Å². The standard InChI is InChI=1S/C12H21N3S/c1-5-6-15(10(2)3)8-11-9-16-12(14-11)7-13-4/h5,9-10,13H,1,6-8H2,2-4H3. The average molecular weight is 239 g/mol. The van der Waals surface area contributed by atoms with Crippen LogP contribution in [0.25, 0.3) is 0 Å². The number of hydrogen-bond donors (Lipinski definition) is 1. The van der Waals surface area contributed by atoms with Crippen molar-refractivity contribution in [3.63, 3.8) is 0 Å². The summed E-state index contributed by atoms with van der Waals surface area (Å²) in [6, 6.07) is 0.521. The lowest BCUT2D eigenvalue weighted by Crippen LogP contribution is -2.30. The highest BCUT2D eigenvalue weighted by molar-refractivity contribution is 7.09. The van der Waals surface area contributed by atoms with Crippen LogP contribution in [0, 0.1) is 0 Å². The first kappa shape index (κ1) is 13.4. The second-order valence-corrected chi connectivity index (χ2v) is 5.02. The molecule has 1 aromatic rings. The lowest BCUT2D eigenvalue weighted by atomic mass is 10.3. The molecule has 0 aliphatic rings. The summed E-state index contributed by atoms with van der Waals surface area (Å²) in [4.78, 5) is 6.94. The Hall–Kier alpha value is -0.710. The van der Waals surface area contributed by atoms with Crippen molar-refractivity contribution in [1.29, 1.82) is 0 Å². The van der Waals surface area contributed by atoms with Crippen LogP contribution in [0.5, 0.6) is 0 Å². The van der Waals surface area contributed by atoms with Crippen LogP contribution < -0.4 is 5.32 Å². The zero-order chi connectivity index (χ0) is 12.0. The number of nitrogens with zero attached hydrogens (tertiary/aromatic N) is 2. The van der Waals surface area contributed by atoms with Gasteiger partial charge in [0.25, 0.3) is 0 Å². The van der Waals surface area contributed by atoms with E-state index in [4.69, 9.17) is 0 Å². The van der Waals surface area contributed by atoms with Gasteiger partial charge in [-0.15, -0.1) is 17.9 Å². The van der Waals surface area contributed by atoms with E-state index in [1.807, 2.05) is 13.1 Å². The average Bonchev–Trinajstić information content (AvgIpc) is 2.65. The number of thiazole rings is 1. The Labute approximate surface area is 102 Å². The minimum absolute atomic E-state index is 0.521. The minimum Gasteiger partial charge on any atom is -0.314 e. The predicted molar refractivity (Wildman–Crippen MR) is 70.6 cm³/mol. The van der Waals surface area contributed by atoms with Gasteiger partial charge in [-0.1, -0.05) is 6.08 Å². The molecule has 1 rings (SSSR count). The largest absolute Gasteiger partial charge is 0.314 e.